The van der Waals surface area contributed by atoms with Gasteiger partial charge in [0.2, 0.25) is 0 Å². The zero-order valence-electron chi connectivity index (χ0n) is 11.2. The molecule has 0 aromatic rings. The number of carbonyl (C=O) groups is 1. The molecular weight excluding hydrogens is 251 g/mol. The molecule has 1 fully saturated rings. The molecule has 0 aliphatic heterocycles. The van der Waals surface area contributed by atoms with E-state index < -0.39 is 7.60 Å². The Labute approximate surface area is 108 Å². The van der Waals surface area contributed by atoms with Gasteiger partial charge >= 0.3 is 7.60 Å². The molecule has 0 unspecified atom stereocenters. The van der Waals surface area contributed by atoms with Crippen LogP contribution in [-0.4, -0.2) is 24.7 Å². The standard InChI is InChI=1S/C13H21O4P/c1-4-16-18(15,17-5-2)13-11-7-6-10(8-11)12(13)9(3)14/h6-7,10-13H,4-5,8H2,1-3H3/t10-,11+,12-,13-/m0/s1. The normalized spacial score (nSPS) is 34.2. The van der Waals surface area contributed by atoms with Crippen molar-refractivity contribution in [3.8, 4) is 0 Å². The number of fused-ring (bicyclic) bond motifs is 2. The molecule has 102 valence electrons. The third kappa shape index (κ3) is 2.22. The second-order valence-corrected chi connectivity index (χ2v) is 7.14. The van der Waals surface area contributed by atoms with Crippen LogP contribution < -0.4 is 0 Å². The van der Waals surface area contributed by atoms with Crippen LogP contribution in [0.2, 0.25) is 0 Å². The van der Waals surface area contributed by atoms with Crippen LogP contribution in [-0.2, 0) is 18.4 Å². The quantitative estimate of drug-likeness (QED) is 0.551. The van der Waals surface area contributed by atoms with Gasteiger partial charge in [0.15, 0.2) is 0 Å². The van der Waals surface area contributed by atoms with E-state index in [0.29, 0.717) is 13.2 Å². The smallest absolute Gasteiger partial charge is 0.309 e. The molecule has 18 heavy (non-hydrogen) atoms. The van der Waals surface area contributed by atoms with E-state index in [1.807, 2.05) is 0 Å². The molecule has 0 heterocycles. The van der Waals surface area contributed by atoms with Crippen LogP contribution in [0.4, 0.5) is 0 Å². The minimum absolute atomic E-state index is 0.0940. The van der Waals surface area contributed by atoms with Gasteiger partial charge in [0.25, 0.3) is 0 Å². The van der Waals surface area contributed by atoms with Crippen molar-refractivity contribution in [2.24, 2.45) is 17.8 Å². The lowest BCUT2D eigenvalue weighted by atomic mass is 9.90. The Morgan fingerprint density at radius 1 is 1.22 bits per heavy atom. The molecule has 0 amide bonds. The summed E-state index contributed by atoms with van der Waals surface area (Å²) in [5.41, 5.74) is -0.287. The molecular formula is C13H21O4P. The summed E-state index contributed by atoms with van der Waals surface area (Å²) in [6.45, 7) is 5.88. The fourth-order valence-corrected chi connectivity index (χ4v) is 5.99. The Bertz CT molecular complexity index is 394. The van der Waals surface area contributed by atoms with Gasteiger partial charge in [-0.2, -0.15) is 0 Å². The molecule has 0 radical (unpaired) electrons. The van der Waals surface area contributed by atoms with Gasteiger partial charge in [-0.05, 0) is 39.0 Å². The predicted octanol–water partition coefficient (Wildman–Crippen LogP) is 3.03. The summed E-state index contributed by atoms with van der Waals surface area (Å²) in [7, 11) is -3.19. The summed E-state index contributed by atoms with van der Waals surface area (Å²) in [5.74, 6) is 0.264. The van der Waals surface area contributed by atoms with Gasteiger partial charge < -0.3 is 9.05 Å². The highest BCUT2D eigenvalue weighted by Gasteiger charge is 2.56. The fraction of sp³-hybridized carbons (Fsp3) is 0.769. The largest absolute Gasteiger partial charge is 0.335 e. The van der Waals surface area contributed by atoms with E-state index in [1.54, 1.807) is 20.8 Å². The first-order valence-electron chi connectivity index (χ1n) is 6.61. The lowest BCUT2D eigenvalue weighted by Crippen LogP contribution is -2.32. The molecule has 0 aromatic heterocycles. The van der Waals surface area contributed by atoms with Crippen LogP contribution in [0.1, 0.15) is 27.2 Å². The zero-order valence-corrected chi connectivity index (χ0v) is 12.1. The summed E-state index contributed by atoms with van der Waals surface area (Å²) in [6, 6.07) is 0. The van der Waals surface area contributed by atoms with Crippen LogP contribution in [0, 0.1) is 17.8 Å². The molecule has 0 spiro atoms. The second-order valence-electron chi connectivity index (χ2n) is 4.95. The number of hydrogen-bond acceptors (Lipinski definition) is 4. The number of hydrogen-bond donors (Lipinski definition) is 0. The Morgan fingerprint density at radius 2 is 1.78 bits per heavy atom. The third-order valence-electron chi connectivity index (χ3n) is 3.87. The zero-order chi connectivity index (χ0) is 13.3. The Kier molecular flexibility index (Phi) is 4.10. The van der Waals surface area contributed by atoms with Gasteiger partial charge in [0, 0.05) is 5.92 Å². The molecule has 0 saturated heterocycles. The number of Topliss-reactive ketones (excluding diaryl/α,β-unsaturated/α-hetero) is 1. The van der Waals surface area contributed by atoms with Crippen LogP contribution in [0.5, 0.6) is 0 Å². The summed E-state index contributed by atoms with van der Waals surface area (Å²) < 4.78 is 23.8. The molecule has 1 saturated carbocycles. The monoisotopic (exact) mass is 272 g/mol. The topological polar surface area (TPSA) is 52.6 Å². The molecule has 4 nitrogen and oxygen atoms in total. The highest BCUT2D eigenvalue weighted by molar-refractivity contribution is 7.54. The summed E-state index contributed by atoms with van der Waals surface area (Å²) in [6.07, 6.45) is 5.05. The van der Waals surface area contributed by atoms with Crippen LogP contribution in [0.3, 0.4) is 0 Å². The van der Waals surface area contributed by atoms with Gasteiger partial charge in [0.05, 0.1) is 18.9 Å². The lowest BCUT2D eigenvalue weighted by molar-refractivity contribution is -0.121. The van der Waals surface area contributed by atoms with Crippen molar-refractivity contribution in [3.05, 3.63) is 12.2 Å². The first kappa shape index (κ1) is 14.0. The maximum absolute atomic E-state index is 12.9. The number of rotatable bonds is 6. The van der Waals surface area contributed by atoms with Crippen LogP contribution >= 0.6 is 7.60 Å². The summed E-state index contributed by atoms with van der Waals surface area (Å²) in [5, 5.41) is 0. The molecule has 2 aliphatic carbocycles. The molecule has 2 rings (SSSR count). The predicted molar refractivity (Wildman–Crippen MR) is 69.6 cm³/mol. The van der Waals surface area contributed by atoms with Gasteiger partial charge in [0.1, 0.15) is 5.78 Å². The third-order valence-corrected chi connectivity index (χ3v) is 6.54. The average molecular weight is 272 g/mol. The Morgan fingerprint density at radius 3 is 2.28 bits per heavy atom. The average Bonchev–Trinajstić information content (AvgIpc) is 2.88. The van der Waals surface area contributed by atoms with Crippen LogP contribution in [0.15, 0.2) is 12.2 Å². The number of allylic oxidation sites excluding steroid dienone is 2. The minimum Gasteiger partial charge on any atom is -0.309 e. The lowest BCUT2D eigenvalue weighted by Gasteiger charge is -2.31. The first-order valence-corrected chi connectivity index (χ1v) is 8.22. The van der Waals surface area contributed by atoms with E-state index in [-0.39, 0.29) is 29.2 Å². The fourth-order valence-electron chi connectivity index (χ4n) is 3.34. The van der Waals surface area contributed by atoms with Gasteiger partial charge in [-0.1, -0.05) is 12.2 Å². The number of carbonyl (C=O) groups excluding carboxylic acids is 1. The first-order chi connectivity index (χ1) is 8.53. The van der Waals surface area contributed by atoms with Crippen molar-refractivity contribution in [1.82, 2.24) is 0 Å². The Hall–Kier alpha value is -0.440. The van der Waals surface area contributed by atoms with Crippen molar-refractivity contribution in [3.63, 3.8) is 0 Å². The van der Waals surface area contributed by atoms with Gasteiger partial charge in [-0.25, -0.2) is 0 Å². The molecule has 0 N–H and O–H groups in total. The minimum atomic E-state index is -3.19. The van der Waals surface area contributed by atoms with Crippen molar-refractivity contribution < 1.29 is 18.4 Å². The summed E-state index contributed by atoms with van der Waals surface area (Å²) >= 11 is 0. The second kappa shape index (κ2) is 5.28. The molecule has 4 atom stereocenters. The van der Waals surface area contributed by atoms with E-state index >= 15 is 0 Å². The van der Waals surface area contributed by atoms with Gasteiger partial charge in [-0.3, -0.25) is 9.36 Å². The number of ketones is 1. The van der Waals surface area contributed by atoms with E-state index in [4.69, 9.17) is 9.05 Å². The van der Waals surface area contributed by atoms with Crippen molar-refractivity contribution >= 4 is 13.4 Å². The van der Waals surface area contributed by atoms with Crippen molar-refractivity contribution in [2.45, 2.75) is 32.9 Å². The summed E-state index contributed by atoms with van der Waals surface area (Å²) in [4.78, 5) is 11.8. The van der Waals surface area contributed by atoms with E-state index in [2.05, 4.69) is 12.2 Å². The van der Waals surface area contributed by atoms with Crippen molar-refractivity contribution in [1.29, 1.82) is 0 Å². The van der Waals surface area contributed by atoms with Gasteiger partial charge in [-0.15, -0.1) is 0 Å². The van der Waals surface area contributed by atoms with E-state index in [9.17, 15) is 9.36 Å². The highest BCUT2D eigenvalue weighted by atomic mass is 31.2. The molecule has 0 aromatic carbocycles. The van der Waals surface area contributed by atoms with Crippen molar-refractivity contribution in [2.75, 3.05) is 13.2 Å². The molecule has 2 aliphatic rings. The highest BCUT2D eigenvalue weighted by Crippen LogP contribution is 2.65. The van der Waals surface area contributed by atoms with Crippen LogP contribution in [0.25, 0.3) is 0 Å². The maximum atomic E-state index is 12.9. The molecule has 2 bridgehead atoms. The van der Waals surface area contributed by atoms with E-state index in [0.717, 1.165) is 6.42 Å². The van der Waals surface area contributed by atoms with E-state index in [1.165, 1.54) is 0 Å². The Balaban J connectivity index is 2.31. The maximum Gasteiger partial charge on any atom is 0.335 e. The SMILES string of the molecule is CCOP(=O)(OCC)[C@@H]1[C@@H](C(C)=O)[C@H]2C=C[C@@H]1C2. The molecule has 5 heteroatoms.